The van der Waals surface area contributed by atoms with E-state index in [4.69, 9.17) is 4.74 Å². The van der Waals surface area contributed by atoms with Gasteiger partial charge in [0.15, 0.2) is 0 Å². The third kappa shape index (κ3) is 5.36. The number of hydrogen-bond acceptors (Lipinski definition) is 4. The molecule has 1 heterocycles. The van der Waals surface area contributed by atoms with Crippen LogP contribution in [-0.2, 0) is 19.7 Å². The predicted octanol–water partition coefficient (Wildman–Crippen LogP) is 5.26. The van der Waals surface area contributed by atoms with Gasteiger partial charge in [0.25, 0.3) is 0 Å². The highest BCUT2D eigenvalue weighted by Gasteiger charge is 2.08. The van der Waals surface area contributed by atoms with Gasteiger partial charge in [-0.2, -0.15) is 0 Å². The fraction of sp³-hybridized carbons (Fsp3) is 0.211. The van der Waals surface area contributed by atoms with Gasteiger partial charge in [0.2, 0.25) is 0 Å². The van der Waals surface area contributed by atoms with Gasteiger partial charge in [0.05, 0.1) is 5.69 Å². The molecule has 1 aromatic heterocycles. The van der Waals surface area contributed by atoms with E-state index >= 15 is 0 Å². The number of benzene rings is 2. The topological polar surface area (TPSA) is 25.4 Å². The molecule has 0 spiro atoms. The van der Waals surface area contributed by atoms with E-state index in [9.17, 15) is 4.39 Å². The summed E-state index contributed by atoms with van der Waals surface area (Å²) in [6, 6.07) is 14.2. The Kier molecular flexibility index (Phi) is 6.18. The van der Waals surface area contributed by atoms with Crippen molar-refractivity contribution >= 4 is 27.3 Å². The van der Waals surface area contributed by atoms with Gasteiger partial charge in [-0.15, -0.1) is 11.3 Å². The Morgan fingerprint density at radius 3 is 2.64 bits per heavy atom. The summed E-state index contributed by atoms with van der Waals surface area (Å²) < 4.78 is 19.6. The summed E-state index contributed by atoms with van der Waals surface area (Å²) in [6.07, 6.45) is 0. The van der Waals surface area contributed by atoms with Gasteiger partial charge in [-0.25, -0.2) is 9.37 Å². The molecule has 3 nitrogen and oxygen atoms in total. The number of rotatable bonds is 7. The van der Waals surface area contributed by atoms with E-state index in [1.807, 2.05) is 12.1 Å². The minimum absolute atomic E-state index is 0.267. The van der Waals surface area contributed by atoms with Crippen molar-refractivity contribution in [3.8, 4) is 5.75 Å². The summed E-state index contributed by atoms with van der Waals surface area (Å²) >= 11 is 5.16. The highest BCUT2D eigenvalue weighted by Crippen LogP contribution is 2.19. The van der Waals surface area contributed by atoms with Gasteiger partial charge < -0.3 is 4.74 Å². The molecule has 6 heteroatoms. The van der Waals surface area contributed by atoms with Crippen LogP contribution in [0.15, 0.2) is 58.4 Å². The number of aromatic nitrogens is 1. The second-order valence-electron chi connectivity index (χ2n) is 5.74. The average Bonchev–Trinajstić information content (AvgIpc) is 3.04. The monoisotopic (exact) mass is 420 g/mol. The summed E-state index contributed by atoms with van der Waals surface area (Å²) in [5.74, 6) is 0.376. The molecule has 0 N–H and O–H groups in total. The highest BCUT2D eigenvalue weighted by molar-refractivity contribution is 9.10. The highest BCUT2D eigenvalue weighted by atomic mass is 79.9. The lowest BCUT2D eigenvalue weighted by Crippen LogP contribution is -2.17. The van der Waals surface area contributed by atoms with E-state index in [-0.39, 0.29) is 5.82 Å². The van der Waals surface area contributed by atoms with Crippen molar-refractivity contribution in [3.63, 3.8) is 0 Å². The van der Waals surface area contributed by atoms with Crippen LogP contribution in [0.3, 0.4) is 0 Å². The molecule has 3 rings (SSSR count). The quantitative estimate of drug-likeness (QED) is 0.521. The van der Waals surface area contributed by atoms with Crippen molar-refractivity contribution in [2.45, 2.75) is 19.7 Å². The first-order valence-electron chi connectivity index (χ1n) is 7.84. The number of ether oxygens (including phenoxy) is 1. The molecule has 0 radical (unpaired) electrons. The molecule has 0 saturated heterocycles. The zero-order valence-electron chi connectivity index (χ0n) is 13.8. The summed E-state index contributed by atoms with van der Waals surface area (Å²) in [5, 5.41) is 2.97. The molecule has 130 valence electrons. The van der Waals surface area contributed by atoms with Crippen molar-refractivity contribution in [1.82, 2.24) is 9.88 Å². The lowest BCUT2D eigenvalue weighted by atomic mass is 10.2. The van der Waals surface area contributed by atoms with E-state index in [1.165, 1.54) is 17.7 Å². The molecule has 0 bridgehead atoms. The van der Waals surface area contributed by atoms with Crippen LogP contribution >= 0.6 is 27.3 Å². The van der Waals surface area contributed by atoms with E-state index < -0.39 is 0 Å². The lowest BCUT2D eigenvalue weighted by Gasteiger charge is -2.16. The fourth-order valence-corrected chi connectivity index (χ4v) is 3.52. The molecular formula is C19H18BrFN2OS. The minimum atomic E-state index is -0.267. The van der Waals surface area contributed by atoms with E-state index in [0.29, 0.717) is 12.4 Å². The molecule has 2 aromatic carbocycles. The lowest BCUT2D eigenvalue weighted by molar-refractivity contribution is 0.300. The SMILES string of the molecule is CN(Cc1csc(COc2ccc(F)cc2)n1)Cc1ccccc1Br. The standard InChI is InChI=1S/C19H18BrFN2OS/c1-23(10-14-4-2-3-5-18(14)20)11-16-13-25-19(22-16)12-24-17-8-6-15(21)7-9-17/h2-9,13H,10-12H2,1H3. The molecule has 0 saturated carbocycles. The third-order valence-electron chi connectivity index (χ3n) is 3.61. The third-order valence-corrected chi connectivity index (χ3v) is 5.25. The minimum Gasteiger partial charge on any atom is -0.486 e. The fourth-order valence-electron chi connectivity index (χ4n) is 2.41. The van der Waals surface area contributed by atoms with Crippen LogP contribution in [0.1, 0.15) is 16.3 Å². The summed E-state index contributed by atoms with van der Waals surface area (Å²) in [7, 11) is 2.08. The van der Waals surface area contributed by atoms with Crippen LogP contribution < -0.4 is 4.74 Å². The molecule has 0 unspecified atom stereocenters. The molecule has 25 heavy (non-hydrogen) atoms. The predicted molar refractivity (Wildman–Crippen MR) is 102 cm³/mol. The maximum absolute atomic E-state index is 12.9. The van der Waals surface area contributed by atoms with Crippen molar-refractivity contribution in [3.05, 3.63) is 80.5 Å². The van der Waals surface area contributed by atoms with Gasteiger partial charge in [-0.1, -0.05) is 34.1 Å². The summed E-state index contributed by atoms with van der Waals surface area (Å²) in [5.41, 5.74) is 2.28. The first kappa shape index (κ1) is 18.0. The van der Waals surface area contributed by atoms with Crippen molar-refractivity contribution < 1.29 is 9.13 Å². The second-order valence-corrected chi connectivity index (χ2v) is 7.54. The Bertz CT molecular complexity index is 822. The normalized spacial score (nSPS) is 11.0. The Morgan fingerprint density at radius 2 is 1.88 bits per heavy atom. The Labute approximate surface area is 159 Å². The molecule has 0 aliphatic heterocycles. The summed E-state index contributed by atoms with van der Waals surface area (Å²) in [6.45, 7) is 2.01. The van der Waals surface area contributed by atoms with E-state index in [2.05, 4.69) is 50.4 Å². The van der Waals surface area contributed by atoms with Crippen molar-refractivity contribution in [1.29, 1.82) is 0 Å². The molecular weight excluding hydrogens is 403 g/mol. The smallest absolute Gasteiger partial charge is 0.140 e. The Balaban J connectivity index is 1.52. The van der Waals surface area contributed by atoms with Crippen LogP contribution in [-0.4, -0.2) is 16.9 Å². The van der Waals surface area contributed by atoms with E-state index in [0.717, 1.165) is 28.3 Å². The maximum atomic E-state index is 12.9. The largest absolute Gasteiger partial charge is 0.486 e. The number of nitrogens with zero attached hydrogens (tertiary/aromatic N) is 2. The van der Waals surface area contributed by atoms with Gasteiger partial charge in [0, 0.05) is 22.9 Å². The van der Waals surface area contributed by atoms with Gasteiger partial charge in [0.1, 0.15) is 23.2 Å². The van der Waals surface area contributed by atoms with Crippen LogP contribution in [0.4, 0.5) is 4.39 Å². The molecule has 3 aromatic rings. The Hall–Kier alpha value is -1.76. The van der Waals surface area contributed by atoms with Crippen LogP contribution in [0, 0.1) is 5.82 Å². The molecule has 0 atom stereocenters. The first-order valence-corrected chi connectivity index (χ1v) is 9.51. The van der Waals surface area contributed by atoms with Gasteiger partial charge in [-0.3, -0.25) is 4.90 Å². The zero-order chi connectivity index (χ0) is 17.6. The molecule has 0 fully saturated rings. The van der Waals surface area contributed by atoms with Crippen LogP contribution in [0.5, 0.6) is 5.75 Å². The number of hydrogen-bond donors (Lipinski definition) is 0. The van der Waals surface area contributed by atoms with Gasteiger partial charge >= 0.3 is 0 Å². The van der Waals surface area contributed by atoms with Crippen molar-refractivity contribution in [2.24, 2.45) is 0 Å². The number of halogens is 2. The molecule has 0 aliphatic carbocycles. The van der Waals surface area contributed by atoms with Crippen LogP contribution in [0.2, 0.25) is 0 Å². The number of thiazole rings is 1. The van der Waals surface area contributed by atoms with Gasteiger partial charge in [-0.05, 0) is 42.9 Å². The van der Waals surface area contributed by atoms with E-state index in [1.54, 1.807) is 23.5 Å². The van der Waals surface area contributed by atoms with Crippen molar-refractivity contribution in [2.75, 3.05) is 7.05 Å². The summed E-state index contributed by atoms with van der Waals surface area (Å²) in [4.78, 5) is 6.83. The molecule has 0 aliphatic rings. The zero-order valence-corrected chi connectivity index (χ0v) is 16.2. The maximum Gasteiger partial charge on any atom is 0.140 e. The second kappa shape index (κ2) is 8.56. The average molecular weight is 421 g/mol. The van der Waals surface area contributed by atoms with Crippen LogP contribution in [0.25, 0.3) is 0 Å². The Morgan fingerprint density at radius 1 is 1.12 bits per heavy atom. The molecule has 0 amide bonds. The first-order chi connectivity index (χ1) is 12.1.